The molecule has 2 aromatic rings. The van der Waals surface area contributed by atoms with E-state index < -0.39 is 0 Å². The maximum Gasteiger partial charge on any atom is 0.262 e. The van der Waals surface area contributed by atoms with Crippen LogP contribution < -0.4 is 15.0 Å². The fraction of sp³-hybridized carbons (Fsp3) is 0.409. The van der Waals surface area contributed by atoms with Crippen molar-refractivity contribution < 1.29 is 9.53 Å². The van der Waals surface area contributed by atoms with Crippen LogP contribution in [0.4, 0.5) is 11.4 Å². The van der Waals surface area contributed by atoms with Gasteiger partial charge in [0.25, 0.3) is 5.91 Å². The minimum absolute atomic E-state index is 0.0432. The third kappa shape index (κ3) is 5.18. The zero-order valence-corrected chi connectivity index (χ0v) is 17.5. The van der Waals surface area contributed by atoms with Gasteiger partial charge in [0.05, 0.1) is 11.4 Å². The zero-order chi connectivity index (χ0) is 20.1. The highest BCUT2D eigenvalue weighted by atomic mass is 35.5. The van der Waals surface area contributed by atoms with Crippen molar-refractivity contribution in [3.05, 3.63) is 53.1 Å². The Morgan fingerprint density at radius 2 is 1.86 bits per heavy atom. The van der Waals surface area contributed by atoms with Crippen LogP contribution in [-0.2, 0) is 4.79 Å². The lowest BCUT2D eigenvalue weighted by atomic mass is 10.0. The number of ether oxygens (including phenoxy) is 1. The van der Waals surface area contributed by atoms with E-state index in [9.17, 15) is 4.79 Å². The van der Waals surface area contributed by atoms with E-state index >= 15 is 0 Å². The maximum absolute atomic E-state index is 12.6. The topological polar surface area (TPSA) is 44.8 Å². The molecule has 0 aromatic heterocycles. The Hall–Kier alpha value is -2.24. The van der Waals surface area contributed by atoms with E-state index in [0.717, 1.165) is 48.9 Å². The fourth-order valence-electron chi connectivity index (χ4n) is 3.35. The van der Waals surface area contributed by atoms with Crippen molar-refractivity contribution >= 4 is 28.9 Å². The number of anilines is 2. The number of hydrogen-bond donors (Lipinski definition) is 1. The number of para-hydroxylation sites is 1. The van der Waals surface area contributed by atoms with Crippen LogP contribution in [0.1, 0.15) is 25.3 Å². The lowest BCUT2D eigenvalue weighted by molar-refractivity contribution is -0.118. The molecule has 1 fully saturated rings. The van der Waals surface area contributed by atoms with Gasteiger partial charge in [0, 0.05) is 31.2 Å². The van der Waals surface area contributed by atoms with Crippen LogP contribution in [-0.4, -0.2) is 50.6 Å². The van der Waals surface area contributed by atoms with Crippen LogP contribution in [0.5, 0.6) is 5.75 Å². The molecular weight excluding hydrogens is 374 g/mol. The Morgan fingerprint density at radius 1 is 1.14 bits per heavy atom. The van der Waals surface area contributed by atoms with Crippen molar-refractivity contribution in [3.63, 3.8) is 0 Å². The lowest BCUT2D eigenvalue weighted by Crippen LogP contribution is -2.44. The summed E-state index contributed by atoms with van der Waals surface area (Å²) in [7, 11) is 2.12. The minimum atomic E-state index is -0.198. The van der Waals surface area contributed by atoms with Crippen molar-refractivity contribution in [2.75, 3.05) is 50.1 Å². The molecule has 1 aliphatic rings. The first-order valence-corrected chi connectivity index (χ1v) is 10.1. The average molecular weight is 402 g/mol. The van der Waals surface area contributed by atoms with Gasteiger partial charge in [-0.1, -0.05) is 43.6 Å². The van der Waals surface area contributed by atoms with Crippen LogP contribution in [0.2, 0.25) is 5.02 Å². The molecule has 1 amide bonds. The number of nitrogens with zero attached hydrogens (tertiary/aromatic N) is 2. The lowest BCUT2D eigenvalue weighted by Gasteiger charge is -2.35. The molecule has 0 saturated carbocycles. The summed E-state index contributed by atoms with van der Waals surface area (Å²) in [5.41, 5.74) is 2.81. The highest BCUT2D eigenvalue weighted by Gasteiger charge is 2.18. The number of likely N-dealkylation sites (N-methyl/N-ethyl adjacent to an activating group) is 1. The third-order valence-electron chi connectivity index (χ3n) is 4.98. The van der Waals surface area contributed by atoms with Crippen LogP contribution >= 0.6 is 11.6 Å². The summed E-state index contributed by atoms with van der Waals surface area (Å²) in [5, 5.41) is 3.57. The van der Waals surface area contributed by atoms with E-state index in [0.29, 0.717) is 10.9 Å². The number of piperazine rings is 1. The molecule has 5 nitrogen and oxygen atoms in total. The quantitative estimate of drug-likeness (QED) is 0.786. The van der Waals surface area contributed by atoms with Gasteiger partial charge < -0.3 is 19.9 Å². The van der Waals surface area contributed by atoms with Gasteiger partial charge in [-0.15, -0.1) is 0 Å². The van der Waals surface area contributed by atoms with Crippen molar-refractivity contribution in [1.82, 2.24) is 4.90 Å². The number of hydrogen-bond acceptors (Lipinski definition) is 4. The number of halogens is 1. The van der Waals surface area contributed by atoms with E-state index in [4.69, 9.17) is 16.3 Å². The zero-order valence-electron chi connectivity index (χ0n) is 16.7. The molecule has 1 N–H and O–H groups in total. The van der Waals surface area contributed by atoms with E-state index in [1.165, 1.54) is 0 Å². The molecular formula is C22H28ClN3O2. The first-order valence-electron chi connectivity index (χ1n) is 9.68. The largest absolute Gasteiger partial charge is 0.483 e. The Labute approximate surface area is 172 Å². The summed E-state index contributed by atoms with van der Waals surface area (Å²) in [6.45, 7) is 7.99. The number of rotatable bonds is 6. The SMILES string of the molecule is CC(C)c1ccccc1OCC(=O)Nc1cc(Cl)ccc1N1CCN(C)CC1. The Bertz CT molecular complexity index is 817. The summed E-state index contributed by atoms with van der Waals surface area (Å²) in [6, 6.07) is 13.5. The minimum Gasteiger partial charge on any atom is -0.483 e. The van der Waals surface area contributed by atoms with Gasteiger partial charge in [-0.2, -0.15) is 0 Å². The third-order valence-corrected chi connectivity index (χ3v) is 5.21. The number of carbonyl (C=O) groups excluding carboxylic acids is 1. The normalized spacial score (nSPS) is 15.0. The van der Waals surface area contributed by atoms with Crippen molar-refractivity contribution in [2.24, 2.45) is 0 Å². The van der Waals surface area contributed by atoms with Crippen molar-refractivity contribution in [2.45, 2.75) is 19.8 Å². The molecule has 3 rings (SSSR count). The van der Waals surface area contributed by atoms with Gasteiger partial charge in [0.15, 0.2) is 6.61 Å². The molecule has 0 aliphatic carbocycles. The van der Waals surface area contributed by atoms with Gasteiger partial charge in [0.2, 0.25) is 0 Å². The second-order valence-electron chi connectivity index (χ2n) is 7.48. The Morgan fingerprint density at radius 3 is 2.57 bits per heavy atom. The van der Waals surface area contributed by atoms with Crippen molar-refractivity contribution in [1.29, 1.82) is 0 Å². The molecule has 1 aliphatic heterocycles. The Balaban J connectivity index is 1.68. The summed E-state index contributed by atoms with van der Waals surface area (Å²) in [5.74, 6) is 0.880. The summed E-state index contributed by atoms with van der Waals surface area (Å²) in [6.07, 6.45) is 0. The molecule has 150 valence electrons. The molecule has 1 saturated heterocycles. The second kappa shape index (κ2) is 9.30. The van der Waals surface area contributed by atoms with Crippen LogP contribution in [0.25, 0.3) is 0 Å². The summed E-state index contributed by atoms with van der Waals surface area (Å²) < 4.78 is 5.80. The van der Waals surface area contributed by atoms with Gasteiger partial charge in [-0.3, -0.25) is 4.79 Å². The smallest absolute Gasteiger partial charge is 0.262 e. The molecule has 1 heterocycles. The number of carbonyl (C=O) groups is 1. The Kier molecular flexibility index (Phi) is 6.81. The molecule has 2 aromatic carbocycles. The van der Waals surface area contributed by atoms with Crippen LogP contribution in [0, 0.1) is 0 Å². The molecule has 6 heteroatoms. The molecule has 0 atom stereocenters. The second-order valence-corrected chi connectivity index (χ2v) is 7.92. The van der Waals surface area contributed by atoms with Gasteiger partial charge in [0.1, 0.15) is 5.75 Å². The predicted molar refractivity (Wildman–Crippen MR) is 116 cm³/mol. The summed E-state index contributed by atoms with van der Waals surface area (Å²) in [4.78, 5) is 17.1. The summed E-state index contributed by atoms with van der Waals surface area (Å²) >= 11 is 6.18. The number of nitrogens with one attached hydrogen (secondary N) is 1. The molecule has 28 heavy (non-hydrogen) atoms. The molecule has 0 unspecified atom stereocenters. The van der Waals surface area contributed by atoms with E-state index in [1.54, 1.807) is 6.07 Å². The van der Waals surface area contributed by atoms with Crippen molar-refractivity contribution in [3.8, 4) is 5.75 Å². The first kappa shape index (κ1) is 20.5. The fourth-order valence-corrected chi connectivity index (χ4v) is 3.52. The van der Waals surface area contributed by atoms with Gasteiger partial charge in [-0.05, 0) is 42.8 Å². The van der Waals surface area contributed by atoms with E-state index in [2.05, 4.69) is 36.0 Å². The number of amides is 1. The maximum atomic E-state index is 12.6. The van der Waals surface area contributed by atoms with Crippen LogP contribution in [0.3, 0.4) is 0 Å². The van der Waals surface area contributed by atoms with Gasteiger partial charge >= 0.3 is 0 Å². The molecule has 0 bridgehead atoms. The average Bonchev–Trinajstić information content (AvgIpc) is 2.67. The first-order chi connectivity index (χ1) is 13.4. The predicted octanol–water partition coefficient (Wildman–Crippen LogP) is 4.23. The highest BCUT2D eigenvalue weighted by Crippen LogP contribution is 2.30. The van der Waals surface area contributed by atoms with Crippen LogP contribution in [0.15, 0.2) is 42.5 Å². The molecule has 0 spiro atoms. The van der Waals surface area contributed by atoms with E-state index in [-0.39, 0.29) is 12.5 Å². The highest BCUT2D eigenvalue weighted by molar-refractivity contribution is 6.31. The standard InChI is InChI=1S/C22H28ClN3O2/c1-16(2)18-6-4-5-7-21(18)28-15-22(27)24-19-14-17(23)8-9-20(19)26-12-10-25(3)11-13-26/h4-9,14,16H,10-13,15H2,1-3H3,(H,24,27). The monoisotopic (exact) mass is 401 g/mol. The van der Waals surface area contributed by atoms with Gasteiger partial charge in [-0.25, -0.2) is 0 Å². The van der Waals surface area contributed by atoms with E-state index in [1.807, 2.05) is 36.4 Å². The number of benzene rings is 2. The molecule has 0 radical (unpaired) electrons.